The van der Waals surface area contributed by atoms with E-state index in [4.69, 9.17) is 5.11 Å². The van der Waals surface area contributed by atoms with Gasteiger partial charge < -0.3 is 5.11 Å². The van der Waals surface area contributed by atoms with E-state index in [2.05, 4.69) is 25.3 Å². The first-order valence-corrected chi connectivity index (χ1v) is 4.74. The van der Waals surface area contributed by atoms with E-state index in [1.807, 2.05) is 24.3 Å². The van der Waals surface area contributed by atoms with Gasteiger partial charge in [-0.25, -0.2) is 0 Å². The molecule has 13 heavy (non-hydrogen) atoms. The largest absolute Gasteiger partial charge is 0.480 e. The molecule has 0 radical (unpaired) electrons. The smallest absolute Gasteiger partial charge is 0.316 e. The third kappa shape index (κ3) is 3.32. The molecule has 1 aromatic carbocycles. The minimum absolute atomic E-state index is 0.423. The number of thiol groups is 2. The van der Waals surface area contributed by atoms with Gasteiger partial charge in [0.2, 0.25) is 0 Å². The van der Waals surface area contributed by atoms with Gasteiger partial charge in [-0.05, 0) is 24.1 Å². The third-order valence-electron chi connectivity index (χ3n) is 1.62. The highest BCUT2D eigenvalue weighted by Crippen LogP contribution is 2.12. The number of hydrogen-bond donors (Lipinski definition) is 3. The van der Waals surface area contributed by atoms with Crippen molar-refractivity contribution in [2.24, 2.45) is 0 Å². The zero-order valence-corrected chi connectivity index (χ0v) is 8.63. The summed E-state index contributed by atoms with van der Waals surface area (Å²) in [5, 5.41) is 7.97. The Labute approximate surface area is 87.8 Å². The molecule has 0 saturated heterocycles. The first kappa shape index (κ1) is 10.5. The molecule has 70 valence electrons. The molecule has 0 amide bonds. The highest BCUT2D eigenvalue weighted by molar-refractivity contribution is 7.81. The summed E-state index contributed by atoms with van der Waals surface area (Å²) in [7, 11) is 0. The number of hydrogen-bond acceptors (Lipinski definition) is 3. The van der Waals surface area contributed by atoms with Crippen LogP contribution in [-0.2, 0) is 11.2 Å². The molecule has 1 rings (SSSR count). The Balaban J connectivity index is 2.69. The van der Waals surface area contributed by atoms with Crippen LogP contribution in [0.4, 0.5) is 0 Å². The molecular weight excluding hydrogens is 204 g/mol. The summed E-state index contributed by atoms with van der Waals surface area (Å²) in [6, 6.07) is 7.40. The van der Waals surface area contributed by atoms with Crippen molar-refractivity contribution in [3.05, 3.63) is 29.8 Å². The maximum atomic E-state index is 10.5. The molecule has 0 heterocycles. The summed E-state index contributed by atoms with van der Waals surface area (Å²) < 4.78 is 0. The highest BCUT2D eigenvalue weighted by Gasteiger charge is 2.12. The average Bonchev–Trinajstić information content (AvgIpc) is 2.04. The summed E-state index contributed by atoms with van der Waals surface area (Å²) in [6.07, 6.45) is 0.423. The van der Waals surface area contributed by atoms with Crippen molar-refractivity contribution >= 4 is 31.2 Å². The molecule has 0 bridgehead atoms. The number of carboxylic acids is 1. The first-order valence-electron chi connectivity index (χ1n) is 3.78. The van der Waals surface area contributed by atoms with Crippen molar-refractivity contribution in [1.82, 2.24) is 0 Å². The van der Waals surface area contributed by atoms with Gasteiger partial charge in [-0.1, -0.05) is 12.1 Å². The van der Waals surface area contributed by atoms with E-state index in [9.17, 15) is 4.79 Å². The maximum absolute atomic E-state index is 10.5. The van der Waals surface area contributed by atoms with Crippen LogP contribution in [0.25, 0.3) is 0 Å². The molecule has 0 aliphatic heterocycles. The van der Waals surface area contributed by atoms with E-state index in [1.165, 1.54) is 0 Å². The minimum atomic E-state index is -0.895. The molecule has 1 unspecified atom stereocenters. The van der Waals surface area contributed by atoms with Gasteiger partial charge in [-0.3, -0.25) is 4.79 Å². The van der Waals surface area contributed by atoms with E-state index in [1.54, 1.807) is 0 Å². The van der Waals surface area contributed by atoms with Crippen LogP contribution in [0, 0.1) is 0 Å². The molecule has 0 saturated carbocycles. The third-order valence-corrected chi connectivity index (χ3v) is 2.31. The maximum Gasteiger partial charge on any atom is 0.316 e. The van der Waals surface area contributed by atoms with Gasteiger partial charge in [0.25, 0.3) is 0 Å². The monoisotopic (exact) mass is 214 g/mol. The van der Waals surface area contributed by atoms with Crippen molar-refractivity contribution in [2.75, 3.05) is 0 Å². The van der Waals surface area contributed by atoms with Crippen LogP contribution in [0.3, 0.4) is 0 Å². The molecule has 4 heteroatoms. The van der Waals surface area contributed by atoms with Gasteiger partial charge in [0, 0.05) is 4.90 Å². The van der Waals surface area contributed by atoms with Crippen molar-refractivity contribution in [2.45, 2.75) is 16.6 Å². The Morgan fingerprint density at radius 2 is 2.23 bits per heavy atom. The van der Waals surface area contributed by atoms with Gasteiger partial charge >= 0.3 is 5.97 Å². The van der Waals surface area contributed by atoms with Crippen LogP contribution in [0.5, 0.6) is 0 Å². The predicted octanol–water partition coefficient (Wildman–Crippen LogP) is 1.90. The topological polar surface area (TPSA) is 37.3 Å². The van der Waals surface area contributed by atoms with Crippen LogP contribution in [0.1, 0.15) is 5.56 Å². The summed E-state index contributed by atoms with van der Waals surface area (Å²) in [4.78, 5) is 11.3. The molecule has 0 aliphatic rings. The molecule has 0 aromatic heterocycles. The normalized spacial score (nSPS) is 12.5. The average molecular weight is 214 g/mol. The van der Waals surface area contributed by atoms with Crippen LogP contribution >= 0.6 is 25.3 Å². The van der Waals surface area contributed by atoms with Gasteiger partial charge in [0.15, 0.2) is 0 Å². The molecule has 1 atom stereocenters. The molecular formula is C9H10O2S2. The van der Waals surface area contributed by atoms with Crippen molar-refractivity contribution < 1.29 is 9.90 Å². The minimum Gasteiger partial charge on any atom is -0.480 e. The Morgan fingerprint density at radius 3 is 2.77 bits per heavy atom. The fourth-order valence-corrected chi connectivity index (χ4v) is 1.46. The summed E-state index contributed by atoms with van der Waals surface area (Å²) in [6.45, 7) is 0. The Hall–Kier alpha value is -0.610. The quantitative estimate of drug-likeness (QED) is 0.672. The molecule has 0 spiro atoms. The zero-order valence-electron chi connectivity index (χ0n) is 6.84. The molecule has 1 N–H and O–H groups in total. The Bertz CT molecular complexity index is 312. The lowest BCUT2D eigenvalue weighted by atomic mass is 10.1. The highest BCUT2D eigenvalue weighted by atomic mass is 32.1. The van der Waals surface area contributed by atoms with Crippen LogP contribution < -0.4 is 0 Å². The van der Waals surface area contributed by atoms with Crippen molar-refractivity contribution in [3.63, 3.8) is 0 Å². The van der Waals surface area contributed by atoms with E-state index >= 15 is 0 Å². The predicted molar refractivity (Wildman–Crippen MR) is 57.8 cm³/mol. The van der Waals surface area contributed by atoms with Crippen LogP contribution in [-0.4, -0.2) is 16.3 Å². The van der Waals surface area contributed by atoms with Crippen LogP contribution in [0.2, 0.25) is 0 Å². The molecule has 1 aromatic rings. The summed E-state index contributed by atoms with van der Waals surface area (Å²) >= 11 is 8.10. The van der Waals surface area contributed by atoms with Gasteiger partial charge in [0.1, 0.15) is 5.25 Å². The van der Waals surface area contributed by atoms with Crippen molar-refractivity contribution in [3.8, 4) is 0 Å². The fourth-order valence-electron chi connectivity index (χ4n) is 0.994. The zero-order chi connectivity index (χ0) is 9.84. The molecule has 0 aliphatic carbocycles. The van der Waals surface area contributed by atoms with Crippen LogP contribution in [0.15, 0.2) is 29.2 Å². The second-order valence-corrected chi connectivity index (χ2v) is 3.87. The Kier molecular flexibility index (Phi) is 3.69. The number of rotatable bonds is 3. The molecule has 2 nitrogen and oxygen atoms in total. The lowest BCUT2D eigenvalue weighted by molar-refractivity contribution is -0.136. The lowest BCUT2D eigenvalue weighted by Gasteiger charge is -2.05. The van der Waals surface area contributed by atoms with E-state index in [0.717, 1.165) is 10.5 Å². The van der Waals surface area contributed by atoms with E-state index in [0.29, 0.717) is 6.42 Å². The second kappa shape index (κ2) is 4.58. The molecule has 0 fully saturated rings. The van der Waals surface area contributed by atoms with E-state index in [-0.39, 0.29) is 0 Å². The van der Waals surface area contributed by atoms with E-state index < -0.39 is 11.2 Å². The summed E-state index contributed by atoms with van der Waals surface area (Å²) in [5.41, 5.74) is 0.940. The van der Waals surface area contributed by atoms with Gasteiger partial charge in [0.05, 0.1) is 0 Å². The number of carbonyl (C=O) groups is 1. The number of aliphatic carboxylic acids is 1. The lowest BCUT2D eigenvalue weighted by Crippen LogP contribution is -2.15. The number of carboxylic acid groups (broad SMARTS) is 1. The standard InChI is InChI=1S/C9H10O2S2/c10-9(11)8(13)5-6-2-1-3-7(12)4-6/h1-4,8,12-13H,5H2,(H,10,11). The number of benzene rings is 1. The second-order valence-electron chi connectivity index (χ2n) is 2.73. The summed E-state index contributed by atoms with van der Waals surface area (Å²) in [5.74, 6) is -0.895. The van der Waals surface area contributed by atoms with Crippen molar-refractivity contribution in [1.29, 1.82) is 0 Å². The first-order chi connectivity index (χ1) is 6.09. The van der Waals surface area contributed by atoms with Gasteiger partial charge in [-0.2, -0.15) is 12.6 Å². The van der Waals surface area contributed by atoms with Gasteiger partial charge in [-0.15, -0.1) is 12.6 Å². The Morgan fingerprint density at radius 1 is 1.54 bits per heavy atom. The fraction of sp³-hybridized carbons (Fsp3) is 0.222. The SMILES string of the molecule is O=C(O)C(S)Cc1cccc(S)c1.